The highest BCUT2D eigenvalue weighted by atomic mass is 79.9. The molecule has 4 rings (SSSR count). The van der Waals surface area contributed by atoms with E-state index < -0.39 is 0 Å². The summed E-state index contributed by atoms with van der Waals surface area (Å²) in [5, 5.41) is 12.3. The van der Waals surface area contributed by atoms with Gasteiger partial charge in [0.2, 0.25) is 0 Å². The van der Waals surface area contributed by atoms with Crippen LogP contribution in [0.25, 0.3) is 22.2 Å². The molecular formula is C22H18BrN3S. The fourth-order valence-electron chi connectivity index (χ4n) is 3.06. The summed E-state index contributed by atoms with van der Waals surface area (Å²) in [7, 11) is 0. The van der Waals surface area contributed by atoms with Gasteiger partial charge in [0.1, 0.15) is 0 Å². The Morgan fingerprint density at radius 3 is 2.56 bits per heavy atom. The van der Waals surface area contributed by atoms with Crippen molar-refractivity contribution in [2.75, 3.05) is 0 Å². The molecule has 134 valence electrons. The smallest absolute Gasteiger partial charge is 0.192 e. The Balaban J connectivity index is 1.64. The summed E-state index contributed by atoms with van der Waals surface area (Å²) in [5.74, 6) is 1.71. The summed E-state index contributed by atoms with van der Waals surface area (Å²) >= 11 is 5.19. The van der Waals surface area contributed by atoms with E-state index in [1.165, 1.54) is 16.3 Å². The summed E-state index contributed by atoms with van der Waals surface area (Å²) < 4.78 is 3.16. The van der Waals surface area contributed by atoms with Crippen molar-refractivity contribution in [2.45, 2.75) is 17.5 Å². The highest BCUT2D eigenvalue weighted by Gasteiger charge is 2.14. The van der Waals surface area contributed by atoms with Crippen molar-refractivity contribution in [3.8, 4) is 11.4 Å². The van der Waals surface area contributed by atoms with E-state index in [2.05, 4.69) is 79.7 Å². The van der Waals surface area contributed by atoms with Crippen LogP contribution >= 0.6 is 27.7 Å². The van der Waals surface area contributed by atoms with E-state index in [1.807, 2.05) is 30.3 Å². The van der Waals surface area contributed by atoms with Gasteiger partial charge < -0.3 is 0 Å². The number of fused-ring (bicyclic) bond motifs is 1. The van der Waals surface area contributed by atoms with Gasteiger partial charge in [-0.2, -0.15) is 0 Å². The van der Waals surface area contributed by atoms with Crippen LogP contribution in [-0.2, 0) is 12.3 Å². The molecule has 0 radical (unpaired) electrons. The number of allylic oxidation sites excluding steroid dienone is 1. The third kappa shape index (κ3) is 3.84. The molecule has 5 heteroatoms. The molecule has 0 spiro atoms. The van der Waals surface area contributed by atoms with Crippen LogP contribution in [0.15, 0.2) is 89.0 Å². The van der Waals surface area contributed by atoms with Gasteiger partial charge in [-0.05, 0) is 28.5 Å². The molecule has 27 heavy (non-hydrogen) atoms. The Labute approximate surface area is 171 Å². The van der Waals surface area contributed by atoms with Crippen molar-refractivity contribution in [1.82, 2.24) is 14.8 Å². The second-order valence-electron chi connectivity index (χ2n) is 6.14. The number of thioether (sulfide) groups is 1. The minimum atomic E-state index is 0.677. The second kappa shape index (κ2) is 8.11. The van der Waals surface area contributed by atoms with Gasteiger partial charge in [-0.25, -0.2) is 0 Å². The molecule has 0 atom stereocenters. The molecular weight excluding hydrogens is 418 g/mol. The Kier molecular flexibility index (Phi) is 5.41. The van der Waals surface area contributed by atoms with E-state index in [1.54, 1.807) is 11.8 Å². The Morgan fingerprint density at radius 2 is 1.74 bits per heavy atom. The quantitative estimate of drug-likeness (QED) is 0.261. The average Bonchev–Trinajstić information content (AvgIpc) is 3.10. The first kappa shape index (κ1) is 18.0. The minimum absolute atomic E-state index is 0.677. The Morgan fingerprint density at radius 1 is 0.963 bits per heavy atom. The van der Waals surface area contributed by atoms with Crippen LogP contribution in [0.4, 0.5) is 0 Å². The molecule has 3 nitrogen and oxygen atoms in total. The second-order valence-corrected chi connectivity index (χ2v) is 8.00. The maximum atomic E-state index is 4.45. The third-order valence-electron chi connectivity index (χ3n) is 4.37. The molecule has 1 heterocycles. The van der Waals surface area contributed by atoms with Gasteiger partial charge in [0.05, 0.1) is 0 Å². The van der Waals surface area contributed by atoms with Crippen molar-refractivity contribution in [3.05, 3.63) is 89.4 Å². The van der Waals surface area contributed by atoms with E-state index in [-0.39, 0.29) is 0 Å². The van der Waals surface area contributed by atoms with Crippen LogP contribution < -0.4 is 0 Å². The van der Waals surface area contributed by atoms with Gasteiger partial charge in [0.25, 0.3) is 0 Å². The molecule has 0 bridgehead atoms. The largest absolute Gasteiger partial charge is 0.298 e. The molecule has 0 fully saturated rings. The lowest BCUT2D eigenvalue weighted by Gasteiger charge is -2.09. The topological polar surface area (TPSA) is 30.7 Å². The zero-order valence-corrected chi connectivity index (χ0v) is 17.1. The van der Waals surface area contributed by atoms with Crippen molar-refractivity contribution in [2.24, 2.45) is 0 Å². The molecule has 0 unspecified atom stereocenters. The fraction of sp³-hybridized carbons (Fsp3) is 0.0909. The van der Waals surface area contributed by atoms with Crippen LogP contribution in [0.3, 0.4) is 0 Å². The van der Waals surface area contributed by atoms with Gasteiger partial charge in [-0.15, -0.1) is 16.8 Å². The van der Waals surface area contributed by atoms with E-state index in [9.17, 15) is 0 Å². The first-order chi connectivity index (χ1) is 13.3. The number of aromatic nitrogens is 3. The standard InChI is InChI=1S/C22H18BrN3S/c1-2-14-26-21(17-10-12-19(23)13-11-17)24-25-22(26)27-15-18-8-5-7-16-6-3-4-9-20(16)18/h2-13H,1,14-15H2. The predicted octanol–water partition coefficient (Wildman–Crippen LogP) is 6.34. The van der Waals surface area contributed by atoms with Crippen LogP contribution in [0.5, 0.6) is 0 Å². The van der Waals surface area contributed by atoms with E-state index in [0.717, 1.165) is 26.8 Å². The molecule has 0 saturated heterocycles. The van der Waals surface area contributed by atoms with Gasteiger partial charge >= 0.3 is 0 Å². The molecule has 3 aromatic carbocycles. The van der Waals surface area contributed by atoms with E-state index in [0.29, 0.717) is 6.54 Å². The molecule has 4 aromatic rings. The predicted molar refractivity (Wildman–Crippen MR) is 117 cm³/mol. The van der Waals surface area contributed by atoms with Gasteiger partial charge in [-0.1, -0.05) is 88.4 Å². The van der Waals surface area contributed by atoms with E-state index >= 15 is 0 Å². The number of benzene rings is 3. The first-order valence-electron chi connectivity index (χ1n) is 8.66. The number of halogens is 1. The number of hydrogen-bond acceptors (Lipinski definition) is 3. The number of hydrogen-bond donors (Lipinski definition) is 0. The molecule has 1 aromatic heterocycles. The zero-order valence-electron chi connectivity index (χ0n) is 14.7. The lowest BCUT2D eigenvalue weighted by molar-refractivity contribution is 0.731. The van der Waals surface area contributed by atoms with Crippen molar-refractivity contribution in [3.63, 3.8) is 0 Å². The Bertz CT molecular complexity index is 1080. The number of rotatable bonds is 6. The summed E-state index contributed by atoms with van der Waals surface area (Å²) in [5.41, 5.74) is 2.35. The highest BCUT2D eigenvalue weighted by molar-refractivity contribution is 9.10. The average molecular weight is 436 g/mol. The number of nitrogens with zero attached hydrogens (tertiary/aromatic N) is 3. The molecule has 0 aliphatic rings. The monoisotopic (exact) mass is 435 g/mol. The summed E-state index contributed by atoms with van der Waals surface area (Å²) in [6, 6.07) is 23.1. The Hall–Kier alpha value is -2.37. The lowest BCUT2D eigenvalue weighted by Crippen LogP contribution is -2.00. The summed E-state index contributed by atoms with van der Waals surface area (Å²) in [4.78, 5) is 0. The highest BCUT2D eigenvalue weighted by Crippen LogP contribution is 2.29. The van der Waals surface area contributed by atoms with E-state index in [4.69, 9.17) is 0 Å². The SMILES string of the molecule is C=CCn1c(SCc2cccc3ccccc23)nnc1-c1ccc(Br)cc1. The van der Waals surface area contributed by atoms with Gasteiger partial charge in [-0.3, -0.25) is 4.57 Å². The van der Waals surface area contributed by atoms with Crippen LogP contribution in [0, 0.1) is 0 Å². The summed E-state index contributed by atoms with van der Waals surface area (Å²) in [6.45, 7) is 4.57. The maximum absolute atomic E-state index is 4.45. The molecule has 0 aliphatic heterocycles. The van der Waals surface area contributed by atoms with Crippen LogP contribution in [0.2, 0.25) is 0 Å². The fourth-order valence-corrected chi connectivity index (χ4v) is 4.28. The van der Waals surface area contributed by atoms with Crippen molar-refractivity contribution < 1.29 is 0 Å². The van der Waals surface area contributed by atoms with Gasteiger partial charge in [0, 0.05) is 22.3 Å². The molecule has 0 amide bonds. The lowest BCUT2D eigenvalue weighted by atomic mass is 10.1. The molecule has 0 aliphatic carbocycles. The van der Waals surface area contributed by atoms with Crippen LogP contribution in [-0.4, -0.2) is 14.8 Å². The maximum Gasteiger partial charge on any atom is 0.192 e. The normalized spacial score (nSPS) is 11.0. The summed E-state index contributed by atoms with van der Waals surface area (Å²) in [6.07, 6.45) is 1.88. The molecule has 0 saturated carbocycles. The third-order valence-corrected chi connectivity index (χ3v) is 5.91. The molecule has 0 N–H and O–H groups in total. The zero-order chi connectivity index (χ0) is 18.6. The minimum Gasteiger partial charge on any atom is -0.298 e. The van der Waals surface area contributed by atoms with Crippen LogP contribution in [0.1, 0.15) is 5.56 Å². The first-order valence-corrected chi connectivity index (χ1v) is 10.4. The van der Waals surface area contributed by atoms with Gasteiger partial charge in [0.15, 0.2) is 11.0 Å². The van der Waals surface area contributed by atoms with Crippen molar-refractivity contribution >= 4 is 38.5 Å². The van der Waals surface area contributed by atoms with Crippen molar-refractivity contribution in [1.29, 1.82) is 0 Å².